The Kier molecular flexibility index (Phi) is 2.62. The van der Waals surface area contributed by atoms with Gasteiger partial charge in [0.05, 0.1) is 21.3 Å². The van der Waals surface area contributed by atoms with Crippen LogP contribution in [0.4, 0.5) is 0 Å². The van der Waals surface area contributed by atoms with Gasteiger partial charge in [-0.1, -0.05) is 29.8 Å². The monoisotopic (exact) mass is 294 g/mol. The van der Waals surface area contributed by atoms with Crippen molar-refractivity contribution in [3.8, 4) is 17.1 Å². The third-order valence-electron chi connectivity index (χ3n) is 2.82. The second-order valence-electron chi connectivity index (χ2n) is 4.10. The van der Waals surface area contributed by atoms with Gasteiger partial charge in [-0.2, -0.15) is 5.10 Å². The maximum absolute atomic E-state index is 9.89. The Bertz CT molecular complexity index is 843. The van der Waals surface area contributed by atoms with Crippen LogP contribution in [0, 0.1) is 6.92 Å². The van der Waals surface area contributed by atoms with E-state index in [1.165, 1.54) is 16.8 Å². The summed E-state index contributed by atoms with van der Waals surface area (Å²) in [5.41, 5.74) is 1.72. The van der Waals surface area contributed by atoms with E-state index in [0.29, 0.717) is 27.3 Å². The zero-order valence-electron chi connectivity index (χ0n) is 9.85. The second kappa shape index (κ2) is 4.08. The number of nitrogens with zero attached hydrogens (tertiary/aromatic N) is 4. The van der Waals surface area contributed by atoms with Crippen molar-refractivity contribution in [3.63, 3.8) is 0 Å². The van der Waals surface area contributed by atoms with Crippen LogP contribution in [0.5, 0.6) is 5.75 Å². The average Bonchev–Trinajstić information content (AvgIpc) is 2.86. The second-order valence-corrected chi connectivity index (χ2v) is 4.91. The van der Waals surface area contributed by atoms with E-state index >= 15 is 0 Å². The van der Waals surface area contributed by atoms with Crippen LogP contribution in [0.15, 0.2) is 12.1 Å². The van der Waals surface area contributed by atoms with Gasteiger partial charge in [-0.3, -0.25) is 0 Å². The molecule has 2 heterocycles. The van der Waals surface area contributed by atoms with E-state index < -0.39 is 0 Å². The fourth-order valence-electron chi connectivity index (χ4n) is 1.76. The Morgan fingerprint density at radius 2 is 1.89 bits per heavy atom. The number of benzene rings is 1. The smallest absolute Gasteiger partial charge is 0.187 e. The van der Waals surface area contributed by atoms with E-state index in [1.54, 1.807) is 0 Å². The highest BCUT2D eigenvalue weighted by atomic mass is 35.5. The Labute approximate surface area is 118 Å². The lowest BCUT2D eigenvalue weighted by Crippen LogP contribution is -1.98. The number of phenolic OH excluding ortho intramolecular Hbond substituents is 1. The number of rotatable bonds is 1. The topological polar surface area (TPSA) is 63.3 Å². The molecule has 5 nitrogen and oxygen atoms in total. The third kappa shape index (κ3) is 1.82. The van der Waals surface area contributed by atoms with Crippen molar-refractivity contribution in [1.82, 2.24) is 19.8 Å². The van der Waals surface area contributed by atoms with Gasteiger partial charge in [0, 0.05) is 11.3 Å². The third-order valence-corrected chi connectivity index (χ3v) is 3.54. The fourth-order valence-corrected chi connectivity index (χ4v) is 2.08. The van der Waals surface area contributed by atoms with Gasteiger partial charge in [0.15, 0.2) is 11.5 Å². The SMILES string of the molecule is C=c1c(C)nn2nc(-c3cc(Cl)c(Cl)cc3O)nc12. The summed E-state index contributed by atoms with van der Waals surface area (Å²) in [7, 11) is 0. The van der Waals surface area contributed by atoms with Crippen molar-refractivity contribution in [1.29, 1.82) is 0 Å². The summed E-state index contributed by atoms with van der Waals surface area (Å²) in [4.78, 5) is 4.30. The molecule has 3 aromatic rings. The zero-order valence-corrected chi connectivity index (χ0v) is 11.4. The molecule has 0 aliphatic carbocycles. The first-order valence-electron chi connectivity index (χ1n) is 5.38. The molecule has 2 aromatic heterocycles. The van der Waals surface area contributed by atoms with E-state index in [9.17, 15) is 5.11 Å². The molecular weight excluding hydrogens is 287 g/mol. The zero-order chi connectivity index (χ0) is 13.7. The maximum atomic E-state index is 9.89. The number of aromatic hydroxyl groups is 1. The van der Waals surface area contributed by atoms with Crippen LogP contribution in [-0.4, -0.2) is 24.9 Å². The van der Waals surface area contributed by atoms with Crippen LogP contribution in [0.25, 0.3) is 23.6 Å². The predicted octanol–water partition coefficient (Wildman–Crippen LogP) is 2.24. The molecule has 0 unspecified atom stereocenters. The lowest BCUT2D eigenvalue weighted by Gasteiger charge is -2.02. The van der Waals surface area contributed by atoms with Gasteiger partial charge < -0.3 is 5.11 Å². The predicted molar refractivity (Wildman–Crippen MR) is 73.4 cm³/mol. The molecule has 0 atom stereocenters. The molecule has 1 N–H and O–H groups in total. The molecule has 0 amide bonds. The molecule has 0 aliphatic rings. The first-order chi connectivity index (χ1) is 8.97. The number of fused-ring (bicyclic) bond motifs is 1. The lowest BCUT2D eigenvalue weighted by molar-refractivity contribution is 0.477. The molecule has 19 heavy (non-hydrogen) atoms. The molecule has 0 saturated heterocycles. The molecule has 0 saturated carbocycles. The van der Waals surface area contributed by atoms with Crippen LogP contribution in [0.2, 0.25) is 10.0 Å². The van der Waals surface area contributed by atoms with Gasteiger partial charge >= 0.3 is 0 Å². The van der Waals surface area contributed by atoms with Crippen molar-refractivity contribution in [2.24, 2.45) is 0 Å². The standard InChI is InChI=1S/C12H8Cl2N4O/c1-5-6(2)16-18-12(5)15-11(17-18)7-3-8(13)9(14)4-10(7)19/h3-4,19H,1H2,2H3. The molecule has 0 spiro atoms. The minimum Gasteiger partial charge on any atom is -0.507 e. The summed E-state index contributed by atoms with van der Waals surface area (Å²) >= 11 is 11.7. The van der Waals surface area contributed by atoms with Crippen LogP contribution in [0.3, 0.4) is 0 Å². The van der Waals surface area contributed by atoms with Gasteiger partial charge in [-0.05, 0) is 13.0 Å². The highest BCUT2D eigenvalue weighted by Crippen LogP contribution is 2.34. The minimum atomic E-state index is -0.0370. The normalized spacial score (nSPS) is 11.3. The molecular formula is C12H8Cl2N4O. The van der Waals surface area contributed by atoms with Crippen LogP contribution in [0.1, 0.15) is 5.69 Å². The largest absolute Gasteiger partial charge is 0.507 e. The van der Waals surface area contributed by atoms with E-state index in [0.717, 1.165) is 5.69 Å². The molecule has 96 valence electrons. The maximum Gasteiger partial charge on any atom is 0.187 e. The van der Waals surface area contributed by atoms with E-state index in [1.807, 2.05) is 6.92 Å². The van der Waals surface area contributed by atoms with E-state index in [2.05, 4.69) is 21.8 Å². The molecule has 0 bridgehead atoms. The summed E-state index contributed by atoms with van der Waals surface area (Å²) in [6.45, 7) is 5.70. The summed E-state index contributed by atoms with van der Waals surface area (Å²) < 4.78 is 1.38. The van der Waals surface area contributed by atoms with Gasteiger partial charge in [0.25, 0.3) is 0 Å². The summed E-state index contributed by atoms with van der Waals surface area (Å²) in [6, 6.07) is 2.87. The first-order valence-corrected chi connectivity index (χ1v) is 6.13. The molecule has 3 rings (SSSR count). The Morgan fingerprint density at radius 3 is 2.58 bits per heavy atom. The minimum absolute atomic E-state index is 0.0370. The summed E-state index contributed by atoms with van der Waals surface area (Å²) in [5.74, 6) is 0.286. The van der Waals surface area contributed by atoms with Gasteiger partial charge in [0.1, 0.15) is 5.75 Å². The van der Waals surface area contributed by atoms with Crippen molar-refractivity contribution < 1.29 is 5.11 Å². The average molecular weight is 295 g/mol. The highest BCUT2D eigenvalue weighted by molar-refractivity contribution is 6.42. The Hall–Kier alpha value is -1.85. The molecule has 0 radical (unpaired) electrons. The number of hydrogen-bond acceptors (Lipinski definition) is 4. The van der Waals surface area contributed by atoms with Crippen LogP contribution < -0.4 is 5.22 Å². The van der Waals surface area contributed by atoms with Crippen molar-refractivity contribution in [2.75, 3.05) is 0 Å². The van der Waals surface area contributed by atoms with Gasteiger partial charge in [0.2, 0.25) is 0 Å². The van der Waals surface area contributed by atoms with Crippen LogP contribution in [-0.2, 0) is 0 Å². The summed E-state index contributed by atoms with van der Waals surface area (Å²) in [6.07, 6.45) is 0. The molecule has 0 aliphatic heterocycles. The van der Waals surface area contributed by atoms with Gasteiger partial charge in [-0.25, -0.2) is 4.98 Å². The lowest BCUT2D eigenvalue weighted by atomic mass is 10.2. The number of phenols is 1. The van der Waals surface area contributed by atoms with Crippen molar-refractivity contribution in [2.45, 2.75) is 6.92 Å². The quantitative estimate of drug-likeness (QED) is 0.748. The van der Waals surface area contributed by atoms with Gasteiger partial charge in [-0.15, -0.1) is 9.73 Å². The number of halogens is 2. The van der Waals surface area contributed by atoms with E-state index in [4.69, 9.17) is 23.2 Å². The molecule has 7 heteroatoms. The van der Waals surface area contributed by atoms with Crippen molar-refractivity contribution >= 4 is 35.4 Å². The Morgan fingerprint density at radius 1 is 1.21 bits per heavy atom. The molecule has 0 fully saturated rings. The molecule has 1 aromatic carbocycles. The fraction of sp³-hybridized carbons (Fsp3) is 0.0833. The highest BCUT2D eigenvalue weighted by Gasteiger charge is 2.15. The number of aryl methyl sites for hydroxylation is 1. The summed E-state index contributed by atoms with van der Waals surface area (Å²) in [5, 5.41) is 19.5. The van der Waals surface area contributed by atoms with Crippen LogP contribution >= 0.6 is 23.2 Å². The first kappa shape index (κ1) is 12.2. The Balaban J connectivity index is 2.25. The number of aromatic nitrogens is 4. The number of hydrogen-bond donors (Lipinski definition) is 1. The van der Waals surface area contributed by atoms with E-state index in [-0.39, 0.29) is 10.8 Å². The van der Waals surface area contributed by atoms with Crippen molar-refractivity contribution in [3.05, 3.63) is 33.1 Å².